The minimum atomic E-state index is 0.730. The molecule has 6 rings (SSSR count). The van der Waals surface area contributed by atoms with Gasteiger partial charge in [-0.15, -0.1) is 0 Å². The van der Waals surface area contributed by atoms with Crippen molar-refractivity contribution in [1.82, 2.24) is 4.98 Å². The largest absolute Gasteiger partial charge is 0.433 e. The van der Waals surface area contributed by atoms with Crippen molar-refractivity contribution in [3.05, 3.63) is 59.7 Å². The van der Waals surface area contributed by atoms with E-state index in [1.807, 2.05) is 0 Å². The van der Waals surface area contributed by atoms with E-state index in [4.69, 9.17) is 9.72 Å². The first kappa shape index (κ1) is 17.0. The number of fused-ring (bicyclic) bond motifs is 3. The molecule has 4 aromatic rings. The van der Waals surface area contributed by atoms with Crippen LogP contribution in [0.2, 0.25) is 0 Å². The summed E-state index contributed by atoms with van der Waals surface area (Å²) in [4.78, 5) is 5.10. The highest BCUT2D eigenvalue weighted by Crippen LogP contribution is 2.46. The molecule has 1 fully saturated rings. The molecule has 1 aliphatic heterocycles. The molecule has 3 nitrogen and oxygen atoms in total. The summed E-state index contributed by atoms with van der Waals surface area (Å²) in [5, 5.41) is 2.41. The summed E-state index contributed by atoms with van der Waals surface area (Å²) >= 11 is 0. The third kappa shape index (κ3) is 2.50. The van der Waals surface area contributed by atoms with Crippen LogP contribution >= 0.6 is 0 Å². The van der Waals surface area contributed by atoms with Gasteiger partial charge in [-0.2, -0.15) is 4.57 Å². The molecule has 144 valence electrons. The zero-order chi connectivity index (χ0) is 19.5. The standard InChI is InChI=1S/C26H25N2O/c1-16-13-14-18-9-6-12-21-23(18)22(16)25-26(29-21)27-24-19(15-17-7-3-4-8-17)10-5-11-20(24)28(25)2/h5-6,9-14,17H,3-4,7-8,15H2,1-2H3/q+1. The van der Waals surface area contributed by atoms with Crippen molar-refractivity contribution >= 4 is 21.8 Å². The van der Waals surface area contributed by atoms with Crippen molar-refractivity contribution in [2.45, 2.75) is 39.0 Å². The van der Waals surface area contributed by atoms with Gasteiger partial charge < -0.3 is 4.74 Å². The second-order valence-electron chi connectivity index (χ2n) is 8.68. The van der Waals surface area contributed by atoms with Crippen LogP contribution < -0.4 is 9.30 Å². The van der Waals surface area contributed by atoms with Crippen LogP contribution in [-0.2, 0) is 13.5 Å². The molecule has 0 atom stereocenters. The summed E-state index contributed by atoms with van der Waals surface area (Å²) in [6, 6.07) is 17.3. The summed E-state index contributed by atoms with van der Waals surface area (Å²) in [6.45, 7) is 2.18. The SMILES string of the molecule is Cc1ccc2cccc3c2c1-c1c(nc2c(CC4CCCC4)cccc2[n+]1C)O3. The van der Waals surface area contributed by atoms with Crippen LogP contribution in [-0.4, -0.2) is 4.98 Å². The van der Waals surface area contributed by atoms with Crippen molar-refractivity contribution < 1.29 is 9.30 Å². The zero-order valence-electron chi connectivity index (χ0n) is 17.0. The Morgan fingerprint density at radius 1 is 1.03 bits per heavy atom. The van der Waals surface area contributed by atoms with Crippen molar-refractivity contribution in [1.29, 1.82) is 0 Å². The highest BCUT2D eigenvalue weighted by molar-refractivity contribution is 6.04. The molecule has 2 heterocycles. The Labute approximate surface area is 171 Å². The maximum Gasteiger partial charge on any atom is 0.294 e. The van der Waals surface area contributed by atoms with Crippen LogP contribution in [0.4, 0.5) is 0 Å². The first-order chi connectivity index (χ1) is 14.2. The Kier molecular flexibility index (Phi) is 3.67. The molecule has 1 saturated carbocycles. The molecule has 0 saturated heterocycles. The van der Waals surface area contributed by atoms with Crippen molar-refractivity contribution in [3.8, 4) is 22.9 Å². The highest BCUT2D eigenvalue weighted by atomic mass is 16.5. The maximum atomic E-state index is 6.39. The molecular weight excluding hydrogens is 356 g/mol. The van der Waals surface area contributed by atoms with Crippen LogP contribution in [0.1, 0.15) is 36.8 Å². The van der Waals surface area contributed by atoms with Crippen molar-refractivity contribution in [2.24, 2.45) is 13.0 Å². The predicted molar refractivity (Wildman–Crippen MR) is 116 cm³/mol. The van der Waals surface area contributed by atoms with Crippen LogP contribution in [0.5, 0.6) is 11.6 Å². The second kappa shape index (κ2) is 6.28. The third-order valence-electron chi connectivity index (χ3n) is 6.85. The summed E-state index contributed by atoms with van der Waals surface area (Å²) in [6.07, 6.45) is 6.55. The number of ether oxygens (including phenoxy) is 1. The molecule has 0 amide bonds. The smallest absolute Gasteiger partial charge is 0.294 e. The van der Waals surface area contributed by atoms with E-state index in [9.17, 15) is 0 Å². The Balaban J connectivity index is 1.63. The normalized spacial score (nSPS) is 15.7. The zero-order valence-corrected chi connectivity index (χ0v) is 17.0. The Morgan fingerprint density at radius 3 is 2.72 bits per heavy atom. The monoisotopic (exact) mass is 381 g/mol. The van der Waals surface area contributed by atoms with Crippen LogP contribution in [0.25, 0.3) is 33.1 Å². The van der Waals surface area contributed by atoms with Crippen molar-refractivity contribution in [2.75, 3.05) is 0 Å². The number of aryl methyl sites for hydroxylation is 2. The van der Waals surface area contributed by atoms with E-state index < -0.39 is 0 Å². The van der Waals surface area contributed by atoms with Gasteiger partial charge in [-0.1, -0.05) is 62.1 Å². The molecule has 2 aliphatic rings. The molecule has 0 N–H and O–H groups in total. The molecule has 3 aromatic carbocycles. The van der Waals surface area contributed by atoms with Gasteiger partial charge in [0.05, 0.1) is 5.56 Å². The van der Waals surface area contributed by atoms with Gasteiger partial charge in [0, 0.05) is 11.5 Å². The Hall–Kier alpha value is -2.94. The predicted octanol–water partition coefficient (Wildman–Crippen LogP) is 6.03. The van der Waals surface area contributed by atoms with Gasteiger partial charge in [0.25, 0.3) is 11.6 Å². The quantitative estimate of drug-likeness (QED) is 0.349. The van der Waals surface area contributed by atoms with E-state index in [0.29, 0.717) is 0 Å². The minimum absolute atomic E-state index is 0.730. The molecule has 1 aromatic heterocycles. The van der Waals surface area contributed by atoms with E-state index in [0.717, 1.165) is 35.2 Å². The fourth-order valence-corrected chi connectivity index (χ4v) is 5.38. The summed E-state index contributed by atoms with van der Waals surface area (Å²) in [5.74, 6) is 2.43. The lowest BCUT2D eigenvalue weighted by Gasteiger charge is -2.21. The van der Waals surface area contributed by atoms with Crippen LogP contribution in [0.3, 0.4) is 0 Å². The summed E-state index contributed by atoms with van der Waals surface area (Å²) in [5.41, 5.74) is 7.21. The van der Waals surface area contributed by atoms with Gasteiger partial charge in [-0.05, 0) is 41.8 Å². The van der Waals surface area contributed by atoms with E-state index in [1.165, 1.54) is 58.7 Å². The summed E-state index contributed by atoms with van der Waals surface area (Å²) in [7, 11) is 2.15. The van der Waals surface area contributed by atoms with Gasteiger partial charge in [0.1, 0.15) is 18.3 Å². The van der Waals surface area contributed by atoms with Gasteiger partial charge in [0.2, 0.25) is 5.52 Å². The second-order valence-corrected chi connectivity index (χ2v) is 8.68. The third-order valence-corrected chi connectivity index (χ3v) is 6.85. The fraction of sp³-hybridized carbons (Fsp3) is 0.308. The first-order valence-corrected chi connectivity index (χ1v) is 10.7. The number of hydrogen-bond donors (Lipinski definition) is 0. The highest BCUT2D eigenvalue weighted by Gasteiger charge is 2.32. The van der Waals surface area contributed by atoms with Crippen LogP contribution in [0, 0.1) is 12.8 Å². The molecule has 0 bridgehead atoms. The maximum absolute atomic E-state index is 6.39. The van der Waals surface area contributed by atoms with Gasteiger partial charge in [-0.25, -0.2) is 4.98 Å². The molecule has 0 radical (unpaired) electrons. The van der Waals surface area contributed by atoms with Gasteiger partial charge in [-0.3, -0.25) is 0 Å². The average Bonchev–Trinajstić information content (AvgIpc) is 3.24. The average molecular weight is 381 g/mol. The molecular formula is C26H25N2O+. The number of para-hydroxylation sites is 1. The van der Waals surface area contributed by atoms with E-state index >= 15 is 0 Å². The lowest BCUT2D eigenvalue weighted by molar-refractivity contribution is -0.634. The van der Waals surface area contributed by atoms with E-state index in [2.05, 4.69) is 67.1 Å². The minimum Gasteiger partial charge on any atom is -0.433 e. The topological polar surface area (TPSA) is 26.0 Å². The van der Waals surface area contributed by atoms with E-state index in [-0.39, 0.29) is 0 Å². The Bertz CT molecular complexity index is 1290. The number of aromatic nitrogens is 2. The summed E-state index contributed by atoms with van der Waals surface area (Å²) < 4.78 is 8.67. The molecule has 3 heteroatoms. The lowest BCUT2D eigenvalue weighted by atomic mass is 9.94. The number of hydrogen-bond acceptors (Lipinski definition) is 2. The first-order valence-electron chi connectivity index (χ1n) is 10.7. The molecule has 0 unspecified atom stereocenters. The molecule has 0 spiro atoms. The fourth-order valence-electron chi connectivity index (χ4n) is 5.38. The lowest BCUT2D eigenvalue weighted by Crippen LogP contribution is -2.34. The van der Waals surface area contributed by atoms with Crippen molar-refractivity contribution in [3.63, 3.8) is 0 Å². The van der Waals surface area contributed by atoms with Gasteiger partial charge >= 0.3 is 0 Å². The number of nitrogens with zero attached hydrogens (tertiary/aromatic N) is 2. The molecule has 1 aliphatic carbocycles. The van der Waals surface area contributed by atoms with E-state index in [1.54, 1.807) is 0 Å². The molecule has 29 heavy (non-hydrogen) atoms. The van der Waals surface area contributed by atoms with Crippen LogP contribution in [0.15, 0.2) is 48.5 Å². The Morgan fingerprint density at radius 2 is 1.86 bits per heavy atom. The van der Waals surface area contributed by atoms with Gasteiger partial charge in [0.15, 0.2) is 0 Å². The number of rotatable bonds is 2. The number of benzene rings is 3.